The molecule has 0 N–H and O–H groups in total. The molecule has 0 unspecified atom stereocenters. The van der Waals surface area contributed by atoms with Crippen LogP contribution >= 0.6 is 11.3 Å². The summed E-state index contributed by atoms with van der Waals surface area (Å²) in [6.07, 6.45) is 0. The lowest BCUT2D eigenvalue weighted by Crippen LogP contribution is -2.23. The summed E-state index contributed by atoms with van der Waals surface area (Å²) in [5, 5.41) is 1.96. The lowest BCUT2D eigenvalue weighted by Gasteiger charge is -2.21. The summed E-state index contributed by atoms with van der Waals surface area (Å²) < 4.78 is 4.68. The number of nitrogens with zero attached hydrogens (tertiary/aromatic N) is 2. The van der Waals surface area contributed by atoms with Gasteiger partial charge in [0.15, 0.2) is 0 Å². The number of ether oxygens (including phenoxy) is 1. The number of amides is 1. The minimum atomic E-state index is -0.406. The number of thiophene rings is 1. The zero-order valence-corrected chi connectivity index (χ0v) is 19.5. The van der Waals surface area contributed by atoms with Gasteiger partial charge in [0, 0.05) is 47.6 Å². The van der Waals surface area contributed by atoms with E-state index in [1.807, 2.05) is 11.4 Å². The number of carbonyl (C=O) groups is 2. The number of anilines is 2. The fraction of sp³-hybridized carbons (Fsp3) is 0.231. The second-order valence-electron chi connectivity index (χ2n) is 7.07. The van der Waals surface area contributed by atoms with Crippen molar-refractivity contribution >= 4 is 34.6 Å². The Bertz CT molecular complexity index is 1130. The van der Waals surface area contributed by atoms with Crippen molar-refractivity contribution in [2.45, 2.75) is 13.8 Å². The third-order valence-corrected chi connectivity index (χ3v) is 6.14. The number of methoxy groups -OCH3 is 1. The molecule has 1 heterocycles. The van der Waals surface area contributed by atoms with Gasteiger partial charge in [-0.25, -0.2) is 4.79 Å². The van der Waals surface area contributed by atoms with Crippen molar-refractivity contribution in [1.82, 2.24) is 0 Å². The molecule has 0 fully saturated rings. The lowest BCUT2D eigenvalue weighted by molar-refractivity contribution is -0.113. The Morgan fingerprint density at radius 1 is 0.969 bits per heavy atom. The largest absolute Gasteiger partial charge is 0.465 e. The second kappa shape index (κ2) is 10.7. The first kappa shape index (κ1) is 23.1. The molecule has 164 valence electrons. The van der Waals surface area contributed by atoms with Gasteiger partial charge in [-0.05, 0) is 61.9 Å². The number of esters is 1. The Kier molecular flexibility index (Phi) is 7.69. The van der Waals surface area contributed by atoms with E-state index in [4.69, 9.17) is 0 Å². The van der Waals surface area contributed by atoms with Crippen LogP contribution < -0.4 is 9.80 Å². The smallest absolute Gasteiger partial charge is 0.337 e. The molecular formula is C26H26N2O3S. The van der Waals surface area contributed by atoms with Crippen LogP contribution in [0.2, 0.25) is 0 Å². The number of hydrogen-bond donors (Lipinski definition) is 0. The molecule has 0 aliphatic rings. The summed E-state index contributed by atoms with van der Waals surface area (Å²) in [6.45, 7) is 6.25. The molecule has 0 bridgehead atoms. The van der Waals surface area contributed by atoms with Crippen LogP contribution in [-0.4, -0.2) is 39.1 Å². The van der Waals surface area contributed by atoms with Crippen molar-refractivity contribution in [2.24, 2.45) is 0 Å². The predicted octanol–water partition coefficient (Wildman–Crippen LogP) is 5.06. The van der Waals surface area contributed by atoms with Gasteiger partial charge >= 0.3 is 11.9 Å². The number of hydrogen-bond acceptors (Lipinski definition) is 5. The summed E-state index contributed by atoms with van der Waals surface area (Å²) in [4.78, 5) is 29.0. The van der Waals surface area contributed by atoms with Gasteiger partial charge in [0.2, 0.25) is 0 Å². The molecular weight excluding hydrogens is 420 g/mol. The van der Waals surface area contributed by atoms with E-state index >= 15 is 0 Å². The van der Waals surface area contributed by atoms with E-state index < -0.39 is 5.97 Å². The maximum Gasteiger partial charge on any atom is 0.337 e. The first-order chi connectivity index (χ1) is 15.5. The maximum atomic E-state index is 12.5. The molecule has 0 radical (unpaired) electrons. The van der Waals surface area contributed by atoms with Gasteiger partial charge in [0.25, 0.3) is 0 Å². The molecule has 6 heteroatoms. The zero-order valence-electron chi connectivity index (χ0n) is 18.7. The number of benzene rings is 2. The van der Waals surface area contributed by atoms with Crippen LogP contribution in [0, 0.1) is 11.8 Å². The Labute approximate surface area is 193 Å². The van der Waals surface area contributed by atoms with Crippen LogP contribution in [0.4, 0.5) is 11.4 Å². The average molecular weight is 447 g/mol. The van der Waals surface area contributed by atoms with E-state index in [-0.39, 0.29) is 5.91 Å². The maximum absolute atomic E-state index is 12.5. The van der Waals surface area contributed by atoms with Gasteiger partial charge < -0.3 is 14.5 Å². The summed E-state index contributed by atoms with van der Waals surface area (Å²) in [7, 11) is 3.05. The predicted molar refractivity (Wildman–Crippen MR) is 131 cm³/mol. The zero-order chi connectivity index (χ0) is 23.1. The van der Waals surface area contributed by atoms with Crippen molar-refractivity contribution in [2.75, 3.05) is 37.0 Å². The molecule has 0 aliphatic carbocycles. The van der Waals surface area contributed by atoms with Crippen molar-refractivity contribution in [1.29, 1.82) is 0 Å². The lowest BCUT2D eigenvalue weighted by atomic mass is 10.1. The van der Waals surface area contributed by atoms with E-state index in [0.29, 0.717) is 11.1 Å². The highest BCUT2D eigenvalue weighted by molar-refractivity contribution is 7.14. The molecule has 3 aromatic rings. The summed E-state index contributed by atoms with van der Waals surface area (Å²) in [5.41, 5.74) is 4.22. The highest BCUT2D eigenvalue weighted by Gasteiger charge is 2.12. The van der Waals surface area contributed by atoms with E-state index in [2.05, 4.69) is 59.6 Å². The molecule has 32 heavy (non-hydrogen) atoms. The number of rotatable bonds is 6. The molecule has 0 spiro atoms. The summed E-state index contributed by atoms with van der Waals surface area (Å²) in [6, 6.07) is 17.1. The van der Waals surface area contributed by atoms with Crippen molar-refractivity contribution < 1.29 is 14.3 Å². The Hall–Kier alpha value is -3.56. The third kappa shape index (κ3) is 5.37. The third-order valence-electron chi connectivity index (χ3n) is 5.18. The van der Waals surface area contributed by atoms with E-state index in [1.54, 1.807) is 47.5 Å². The molecule has 0 aliphatic heterocycles. The van der Waals surface area contributed by atoms with Crippen LogP contribution in [0.1, 0.15) is 29.8 Å². The van der Waals surface area contributed by atoms with Gasteiger partial charge in [0.1, 0.15) is 0 Å². The minimum absolute atomic E-state index is 0.303. The van der Waals surface area contributed by atoms with Crippen LogP contribution in [0.3, 0.4) is 0 Å². The van der Waals surface area contributed by atoms with Crippen LogP contribution in [0.25, 0.3) is 10.4 Å². The molecule has 5 nitrogen and oxygen atoms in total. The van der Waals surface area contributed by atoms with Crippen LogP contribution in [-0.2, 0) is 9.53 Å². The van der Waals surface area contributed by atoms with E-state index in [1.165, 1.54) is 12.8 Å². The van der Waals surface area contributed by atoms with Gasteiger partial charge in [-0.15, -0.1) is 11.3 Å². The fourth-order valence-electron chi connectivity index (χ4n) is 3.21. The first-order valence-corrected chi connectivity index (χ1v) is 11.3. The SMILES string of the molecule is CCN(CC)c1ccc(-c2cc(N(C)C(=O)C#Cc3ccc(C(=O)OC)cc3)cs2)cc1. The summed E-state index contributed by atoms with van der Waals surface area (Å²) in [5.74, 6) is 4.80. The first-order valence-electron chi connectivity index (χ1n) is 10.4. The Balaban J connectivity index is 1.69. The van der Waals surface area contributed by atoms with E-state index in [9.17, 15) is 9.59 Å². The number of carbonyl (C=O) groups excluding carboxylic acids is 2. The van der Waals surface area contributed by atoms with Gasteiger partial charge in [-0.1, -0.05) is 18.1 Å². The topological polar surface area (TPSA) is 49.9 Å². The molecule has 0 saturated heterocycles. The highest BCUT2D eigenvalue weighted by Crippen LogP contribution is 2.32. The average Bonchev–Trinajstić information content (AvgIpc) is 3.33. The fourth-order valence-corrected chi connectivity index (χ4v) is 4.15. The molecule has 0 saturated carbocycles. The highest BCUT2D eigenvalue weighted by atomic mass is 32.1. The molecule has 1 aromatic heterocycles. The van der Waals surface area contributed by atoms with E-state index in [0.717, 1.165) is 29.2 Å². The molecule has 3 rings (SSSR count). The normalized spacial score (nSPS) is 10.1. The quantitative estimate of drug-likeness (QED) is 0.392. The minimum Gasteiger partial charge on any atom is -0.465 e. The van der Waals surface area contributed by atoms with Crippen LogP contribution in [0.15, 0.2) is 60.0 Å². The Morgan fingerprint density at radius 2 is 1.62 bits per heavy atom. The van der Waals surface area contributed by atoms with Crippen molar-refractivity contribution in [3.8, 4) is 22.3 Å². The molecule has 1 amide bonds. The standard InChI is InChI=1S/C26H26N2O3S/c1-5-28(6-2)22-14-12-20(13-15-22)24-17-23(18-32-24)27(3)25(29)16-9-19-7-10-21(11-8-19)26(30)31-4/h7-8,10-15,17-18H,5-6H2,1-4H3. The van der Waals surface area contributed by atoms with Crippen LogP contribution in [0.5, 0.6) is 0 Å². The van der Waals surface area contributed by atoms with Gasteiger partial charge in [-0.3, -0.25) is 4.79 Å². The molecule has 0 atom stereocenters. The summed E-state index contributed by atoms with van der Waals surface area (Å²) >= 11 is 1.60. The Morgan fingerprint density at radius 3 is 2.22 bits per heavy atom. The van der Waals surface area contributed by atoms with Crippen molar-refractivity contribution in [3.05, 3.63) is 71.1 Å². The van der Waals surface area contributed by atoms with Gasteiger partial charge in [-0.2, -0.15) is 0 Å². The molecule has 2 aromatic carbocycles. The van der Waals surface area contributed by atoms with Gasteiger partial charge in [0.05, 0.1) is 18.4 Å². The van der Waals surface area contributed by atoms with Crippen molar-refractivity contribution in [3.63, 3.8) is 0 Å². The second-order valence-corrected chi connectivity index (χ2v) is 7.98. The monoisotopic (exact) mass is 446 g/mol.